The average Bonchev–Trinajstić information content (AvgIpc) is 3.08. The van der Waals surface area contributed by atoms with Crippen LogP contribution in [0.5, 0.6) is 0 Å². The fourth-order valence-corrected chi connectivity index (χ4v) is 3.54. The minimum absolute atomic E-state index is 0.00238. The predicted octanol–water partition coefficient (Wildman–Crippen LogP) is 3.68. The highest BCUT2D eigenvalue weighted by Gasteiger charge is 2.37. The third-order valence-corrected chi connectivity index (χ3v) is 5.14. The molecule has 2 aromatic carbocycles. The van der Waals surface area contributed by atoms with Crippen molar-refractivity contribution in [2.75, 3.05) is 11.4 Å². The Labute approximate surface area is 166 Å². The van der Waals surface area contributed by atoms with E-state index < -0.39 is 0 Å². The molecule has 2 amide bonds. The molecule has 1 saturated heterocycles. The number of hydrogen-bond donors (Lipinski definition) is 0. The number of carbonyl (C=O) groups excluding carboxylic acids is 3. The van der Waals surface area contributed by atoms with Gasteiger partial charge in [0.05, 0.1) is 5.92 Å². The topological polar surface area (TPSA) is 57.7 Å². The molecule has 1 aliphatic rings. The van der Waals surface area contributed by atoms with Gasteiger partial charge in [-0.1, -0.05) is 42.5 Å². The summed E-state index contributed by atoms with van der Waals surface area (Å²) in [6.07, 6.45) is 0.196. The first-order valence-electron chi connectivity index (χ1n) is 9.62. The number of anilines is 1. The van der Waals surface area contributed by atoms with E-state index in [1.807, 2.05) is 49.1 Å². The maximum atomic E-state index is 13.2. The van der Waals surface area contributed by atoms with Crippen molar-refractivity contribution in [2.45, 2.75) is 39.8 Å². The van der Waals surface area contributed by atoms with Gasteiger partial charge in [0.1, 0.15) is 0 Å². The molecule has 3 rings (SSSR count). The molecular weight excluding hydrogens is 352 g/mol. The van der Waals surface area contributed by atoms with Crippen LogP contribution in [-0.2, 0) is 16.1 Å². The van der Waals surface area contributed by atoms with E-state index in [9.17, 15) is 14.4 Å². The molecule has 0 aliphatic carbocycles. The summed E-state index contributed by atoms with van der Waals surface area (Å²) in [5, 5.41) is 0. The first-order chi connectivity index (χ1) is 13.4. The molecule has 28 heavy (non-hydrogen) atoms. The Kier molecular flexibility index (Phi) is 5.93. The third-order valence-electron chi connectivity index (χ3n) is 5.14. The van der Waals surface area contributed by atoms with Crippen molar-refractivity contribution in [3.63, 3.8) is 0 Å². The lowest BCUT2D eigenvalue weighted by molar-refractivity contribution is -0.138. The van der Waals surface area contributed by atoms with Gasteiger partial charge in [0.15, 0.2) is 5.78 Å². The highest BCUT2D eigenvalue weighted by atomic mass is 16.2. The number of nitrogens with zero attached hydrogens (tertiary/aromatic N) is 2. The number of ketones is 1. The van der Waals surface area contributed by atoms with Crippen LogP contribution in [0.25, 0.3) is 0 Å². The Bertz CT molecular complexity index is 876. The zero-order valence-electron chi connectivity index (χ0n) is 16.6. The predicted molar refractivity (Wildman–Crippen MR) is 109 cm³/mol. The van der Waals surface area contributed by atoms with Gasteiger partial charge in [-0.15, -0.1) is 0 Å². The molecule has 0 aromatic heterocycles. The van der Waals surface area contributed by atoms with Gasteiger partial charge in [-0.3, -0.25) is 14.4 Å². The third kappa shape index (κ3) is 4.30. The molecule has 1 aliphatic heterocycles. The SMILES string of the molecule is CC(=O)c1cccc(N2CC(C(=O)N(Cc3ccccc3)C(C)C)CC2=O)c1. The van der Waals surface area contributed by atoms with E-state index >= 15 is 0 Å². The first kappa shape index (κ1) is 19.8. The monoisotopic (exact) mass is 378 g/mol. The summed E-state index contributed by atoms with van der Waals surface area (Å²) >= 11 is 0. The number of amides is 2. The van der Waals surface area contributed by atoms with Gasteiger partial charge >= 0.3 is 0 Å². The quantitative estimate of drug-likeness (QED) is 0.721. The smallest absolute Gasteiger partial charge is 0.228 e. The van der Waals surface area contributed by atoms with E-state index in [0.29, 0.717) is 24.3 Å². The minimum atomic E-state index is -0.375. The van der Waals surface area contributed by atoms with Crippen molar-refractivity contribution in [3.8, 4) is 0 Å². The van der Waals surface area contributed by atoms with Crippen molar-refractivity contribution in [1.82, 2.24) is 4.90 Å². The molecule has 5 heteroatoms. The average molecular weight is 378 g/mol. The number of hydrogen-bond acceptors (Lipinski definition) is 3. The summed E-state index contributed by atoms with van der Waals surface area (Å²) in [4.78, 5) is 40.9. The summed E-state index contributed by atoms with van der Waals surface area (Å²) < 4.78 is 0. The van der Waals surface area contributed by atoms with Crippen LogP contribution >= 0.6 is 0 Å². The summed E-state index contributed by atoms with van der Waals surface area (Å²) in [5.41, 5.74) is 2.31. The maximum absolute atomic E-state index is 13.2. The van der Waals surface area contributed by atoms with Gasteiger partial charge in [0.2, 0.25) is 11.8 Å². The van der Waals surface area contributed by atoms with Crippen LogP contribution < -0.4 is 4.90 Å². The van der Waals surface area contributed by atoms with E-state index in [0.717, 1.165) is 5.56 Å². The van der Waals surface area contributed by atoms with Crippen molar-refractivity contribution in [2.24, 2.45) is 5.92 Å². The second-order valence-electron chi connectivity index (χ2n) is 7.56. The fourth-order valence-electron chi connectivity index (χ4n) is 3.54. The van der Waals surface area contributed by atoms with E-state index in [1.54, 1.807) is 29.2 Å². The Morgan fingerprint density at radius 3 is 2.46 bits per heavy atom. The van der Waals surface area contributed by atoms with Crippen LogP contribution in [0.1, 0.15) is 43.1 Å². The Morgan fingerprint density at radius 2 is 1.82 bits per heavy atom. The molecule has 1 unspecified atom stereocenters. The number of benzene rings is 2. The Morgan fingerprint density at radius 1 is 1.11 bits per heavy atom. The summed E-state index contributed by atoms with van der Waals surface area (Å²) in [6.45, 7) is 6.36. The number of carbonyl (C=O) groups is 3. The van der Waals surface area contributed by atoms with E-state index in [1.165, 1.54) is 6.92 Å². The van der Waals surface area contributed by atoms with Crippen molar-refractivity contribution < 1.29 is 14.4 Å². The van der Waals surface area contributed by atoms with E-state index in [-0.39, 0.29) is 36.0 Å². The van der Waals surface area contributed by atoms with Crippen molar-refractivity contribution in [1.29, 1.82) is 0 Å². The van der Waals surface area contributed by atoms with Gasteiger partial charge in [0, 0.05) is 36.8 Å². The number of rotatable bonds is 6. The van der Waals surface area contributed by atoms with Gasteiger partial charge in [-0.25, -0.2) is 0 Å². The molecule has 1 atom stereocenters. The van der Waals surface area contributed by atoms with Crippen LogP contribution in [0, 0.1) is 5.92 Å². The van der Waals surface area contributed by atoms with Crippen LogP contribution in [0.4, 0.5) is 5.69 Å². The molecule has 0 saturated carbocycles. The summed E-state index contributed by atoms with van der Waals surface area (Å²) in [6, 6.07) is 16.9. The second-order valence-corrected chi connectivity index (χ2v) is 7.56. The minimum Gasteiger partial charge on any atom is -0.336 e. The Balaban J connectivity index is 1.76. The number of Topliss-reactive ketones (excluding diaryl/α,β-unsaturated/α-hetero) is 1. The molecule has 0 spiro atoms. The van der Waals surface area contributed by atoms with Crippen LogP contribution in [0.2, 0.25) is 0 Å². The standard InChI is InChI=1S/C23H26N2O3/c1-16(2)24(14-18-8-5-4-6-9-18)23(28)20-13-22(27)25(15-20)21-11-7-10-19(12-21)17(3)26/h4-12,16,20H,13-15H2,1-3H3. The van der Waals surface area contributed by atoms with Crippen LogP contribution in [-0.4, -0.2) is 35.1 Å². The Hall–Kier alpha value is -2.95. The van der Waals surface area contributed by atoms with E-state index in [2.05, 4.69) is 0 Å². The van der Waals surface area contributed by atoms with E-state index in [4.69, 9.17) is 0 Å². The van der Waals surface area contributed by atoms with Crippen molar-refractivity contribution >= 4 is 23.3 Å². The van der Waals surface area contributed by atoms with Gasteiger partial charge in [-0.2, -0.15) is 0 Å². The summed E-state index contributed by atoms with van der Waals surface area (Å²) in [5.74, 6) is -0.505. The molecule has 5 nitrogen and oxygen atoms in total. The molecule has 0 bridgehead atoms. The van der Waals surface area contributed by atoms with Crippen LogP contribution in [0.15, 0.2) is 54.6 Å². The van der Waals surface area contributed by atoms with Gasteiger partial charge < -0.3 is 9.80 Å². The fraction of sp³-hybridized carbons (Fsp3) is 0.348. The maximum Gasteiger partial charge on any atom is 0.228 e. The summed E-state index contributed by atoms with van der Waals surface area (Å²) in [7, 11) is 0. The zero-order chi connectivity index (χ0) is 20.3. The lowest BCUT2D eigenvalue weighted by atomic mass is 10.0. The highest BCUT2D eigenvalue weighted by molar-refractivity contribution is 6.02. The largest absolute Gasteiger partial charge is 0.336 e. The first-order valence-corrected chi connectivity index (χ1v) is 9.62. The second kappa shape index (κ2) is 8.38. The normalized spacial score (nSPS) is 16.5. The van der Waals surface area contributed by atoms with Gasteiger partial charge in [-0.05, 0) is 38.5 Å². The van der Waals surface area contributed by atoms with Crippen molar-refractivity contribution in [3.05, 3.63) is 65.7 Å². The molecular formula is C23H26N2O3. The molecule has 146 valence electrons. The lowest BCUT2D eigenvalue weighted by Gasteiger charge is -2.29. The molecule has 1 heterocycles. The molecule has 0 radical (unpaired) electrons. The zero-order valence-corrected chi connectivity index (χ0v) is 16.6. The van der Waals surface area contributed by atoms with Crippen LogP contribution in [0.3, 0.4) is 0 Å². The molecule has 1 fully saturated rings. The lowest BCUT2D eigenvalue weighted by Crippen LogP contribution is -2.41. The highest BCUT2D eigenvalue weighted by Crippen LogP contribution is 2.28. The molecule has 2 aromatic rings. The molecule has 0 N–H and O–H groups in total. The van der Waals surface area contributed by atoms with Gasteiger partial charge in [0.25, 0.3) is 0 Å².